The molecule has 0 aliphatic carbocycles. The van der Waals surface area contributed by atoms with Crippen LogP contribution >= 0.6 is 11.3 Å². The predicted octanol–water partition coefficient (Wildman–Crippen LogP) is 1.89. The second-order valence-corrected chi connectivity index (χ2v) is 7.50. The van der Waals surface area contributed by atoms with Crippen molar-refractivity contribution in [2.45, 2.75) is 24.8 Å². The summed E-state index contributed by atoms with van der Waals surface area (Å²) in [6.07, 6.45) is 2.56. The van der Waals surface area contributed by atoms with E-state index in [-0.39, 0.29) is 22.8 Å². The maximum atomic E-state index is 12.4. The van der Waals surface area contributed by atoms with E-state index < -0.39 is 16.0 Å². The van der Waals surface area contributed by atoms with Crippen LogP contribution in [0.15, 0.2) is 29.3 Å². The average Bonchev–Trinajstić information content (AvgIpc) is 3.00. The van der Waals surface area contributed by atoms with Crippen molar-refractivity contribution in [2.75, 3.05) is 7.11 Å². The van der Waals surface area contributed by atoms with Gasteiger partial charge in [0.25, 0.3) is 0 Å². The van der Waals surface area contributed by atoms with Crippen LogP contribution in [0.25, 0.3) is 0 Å². The number of hydrogen-bond donors (Lipinski definition) is 2. The molecule has 0 atom stereocenters. The Morgan fingerprint density at radius 3 is 2.74 bits per heavy atom. The summed E-state index contributed by atoms with van der Waals surface area (Å²) in [6.45, 7) is 2.06. The Hall–Kier alpha value is -1.97. The van der Waals surface area contributed by atoms with E-state index >= 15 is 0 Å². The fourth-order valence-electron chi connectivity index (χ4n) is 1.85. The maximum Gasteiger partial charge on any atom is 0.335 e. The van der Waals surface area contributed by atoms with Crippen LogP contribution in [0.1, 0.15) is 27.2 Å². The number of hydrogen-bond acceptors (Lipinski definition) is 6. The zero-order valence-corrected chi connectivity index (χ0v) is 14.2. The summed E-state index contributed by atoms with van der Waals surface area (Å²) < 4.78 is 32.2. The van der Waals surface area contributed by atoms with Crippen LogP contribution in [0.4, 0.5) is 0 Å². The van der Waals surface area contributed by atoms with Crippen LogP contribution in [-0.2, 0) is 23.0 Å². The fraction of sp³-hybridized carbons (Fsp3) is 0.286. The third-order valence-corrected chi connectivity index (χ3v) is 5.65. The Morgan fingerprint density at radius 2 is 2.17 bits per heavy atom. The highest BCUT2D eigenvalue weighted by Gasteiger charge is 2.21. The third-order valence-electron chi connectivity index (χ3n) is 3.06. The van der Waals surface area contributed by atoms with Crippen molar-refractivity contribution in [2.24, 2.45) is 0 Å². The molecule has 0 fully saturated rings. The highest BCUT2D eigenvalue weighted by Crippen LogP contribution is 2.25. The van der Waals surface area contributed by atoms with Gasteiger partial charge in [0.05, 0.1) is 19.2 Å². The molecule has 0 radical (unpaired) electrons. The number of benzene rings is 1. The lowest BCUT2D eigenvalue weighted by Gasteiger charge is -2.10. The van der Waals surface area contributed by atoms with Gasteiger partial charge in [0.2, 0.25) is 10.0 Å². The fourth-order valence-corrected chi connectivity index (χ4v) is 3.88. The molecule has 0 unspecified atom stereocenters. The van der Waals surface area contributed by atoms with Gasteiger partial charge in [-0.15, -0.1) is 11.3 Å². The molecule has 23 heavy (non-hydrogen) atoms. The van der Waals surface area contributed by atoms with Gasteiger partial charge in [0.1, 0.15) is 15.7 Å². The van der Waals surface area contributed by atoms with Gasteiger partial charge in [-0.3, -0.25) is 0 Å². The molecule has 124 valence electrons. The number of sulfonamides is 1. The predicted molar refractivity (Wildman–Crippen MR) is 85.5 cm³/mol. The van der Waals surface area contributed by atoms with Crippen molar-refractivity contribution in [1.29, 1.82) is 0 Å². The van der Waals surface area contributed by atoms with E-state index in [0.29, 0.717) is 5.01 Å². The van der Waals surface area contributed by atoms with Gasteiger partial charge in [-0.25, -0.2) is 22.9 Å². The number of aryl methyl sites for hydroxylation is 1. The molecule has 7 nitrogen and oxygen atoms in total. The van der Waals surface area contributed by atoms with Gasteiger partial charge < -0.3 is 9.84 Å². The average molecular weight is 356 g/mol. The van der Waals surface area contributed by atoms with E-state index in [2.05, 4.69) is 9.71 Å². The minimum Gasteiger partial charge on any atom is -0.495 e. The molecule has 0 amide bonds. The molecule has 1 heterocycles. The number of aromatic nitrogens is 1. The molecule has 2 N–H and O–H groups in total. The first-order chi connectivity index (χ1) is 10.9. The Labute approximate surface area is 138 Å². The first kappa shape index (κ1) is 17.4. The van der Waals surface area contributed by atoms with Gasteiger partial charge in [-0.2, -0.15) is 0 Å². The molecule has 0 bridgehead atoms. The van der Waals surface area contributed by atoms with Crippen molar-refractivity contribution < 1.29 is 23.1 Å². The first-order valence-corrected chi connectivity index (χ1v) is 9.02. The molecule has 9 heteroatoms. The topological polar surface area (TPSA) is 106 Å². The molecule has 0 saturated heterocycles. The van der Waals surface area contributed by atoms with E-state index in [1.165, 1.54) is 36.6 Å². The van der Waals surface area contributed by atoms with Crippen LogP contribution in [0.5, 0.6) is 5.75 Å². The molecule has 0 spiro atoms. The van der Waals surface area contributed by atoms with Crippen LogP contribution in [0.2, 0.25) is 0 Å². The van der Waals surface area contributed by atoms with E-state index in [4.69, 9.17) is 9.84 Å². The van der Waals surface area contributed by atoms with Gasteiger partial charge in [0, 0.05) is 11.1 Å². The van der Waals surface area contributed by atoms with Gasteiger partial charge in [-0.05, 0) is 24.6 Å². The summed E-state index contributed by atoms with van der Waals surface area (Å²) in [5, 5.41) is 9.61. The molecule has 2 aromatic rings. The minimum absolute atomic E-state index is 0.0224. The maximum absolute atomic E-state index is 12.4. The van der Waals surface area contributed by atoms with E-state index in [0.717, 1.165) is 11.3 Å². The van der Waals surface area contributed by atoms with Crippen LogP contribution in [0, 0.1) is 0 Å². The highest BCUT2D eigenvalue weighted by atomic mass is 32.2. The number of nitrogens with zero attached hydrogens (tertiary/aromatic N) is 1. The lowest BCUT2D eigenvalue weighted by molar-refractivity contribution is 0.0696. The van der Waals surface area contributed by atoms with Crippen LogP contribution < -0.4 is 9.46 Å². The molecule has 2 rings (SSSR count). The summed E-state index contributed by atoms with van der Waals surface area (Å²) in [5.74, 6) is -1.18. The minimum atomic E-state index is -3.84. The summed E-state index contributed by atoms with van der Waals surface area (Å²) in [7, 11) is -2.56. The Balaban J connectivity index is 2.23. The molecule has 1 aromatic carbocycles. The quantitative estimate of drug-likeness (QED) is 0.785. The number of carbonyl (C=O) groups is 1. The monoisotopic (exact) mass is 356 g/mol. The van der Waals surface area contributed by atoms with Crippen molar-refractivity contribution in [1.82, 2.24) is 9.71 Å². The smallest absolute Gasteiger partial charge is 0.335 e. The molecule has 1 aromatic heterocycles. The second kappa shape index (κ2) is 7.07. The summed E-state index contributed by atoms with van der Waals surface area (Å²) in [4.78, 5) is 16.0. The van der Waals surface area contributed by atoms with Crippen molar-refractivity contribution in [3.63, 3.8) is 0 Å². The lowest BCUT2D eigenvalue weighted by Crippen LogP contribution is -2.23. The van der Waals surface area contributed by atoms with Crippen molar-refractivity contribution in [3.05, 3.63) is 39.8 Å². The molecule has 0 aliphatic heterocycles. The van der Waals surface area contributed by atoms with Crippen molar-refractivity contribution >= 4 is 27.3 Å². The normalized spacial score (nSPS) is 11.4. The summed E-state index contributed by atoms with van der Waals surface area (Å²) in [6, 6.07) is 3.61. The number of carboxylic acid groups (broad SMARTS) is 1. The van der Waals surface area contributed by atoms with Gasteiger partial charge in [-0.1, -0.05) is 6.92 Å². The van der Waals surface area contributed by atoms with Gasteiger partial charge in [0.15, 0.2) is 0 Å². The number of ether oxygens (including phenoxy) is 1. The second-order valence-electron chi connectivity index (χ2n) is 4.57. The third kappa shape index (κ3) is 4.06. The van der Waals surface area contributed by atoms with Crippen LogP contribution in [-0.4, -0.2) is 31.6 Å². The SMILES string of the molecule is CCc1cnc(CNS(=O)(=O)c2ccc(C(=O)O)cc2OC)s1. The van der Waals surface area contributed by atoms with E-state index in [9.17, 15) is 13.2 Å². The number of methoxy groups -OCH3 is 1. The largest absolute Gasteiger partial charge is 0.495 e. The molecule has 0 saturated carbocycles. The number of rotatable bonds is 7. The number of carboxylic acids is 1. The number of aromatic carboxylic acids is 1. The number of nitrogens with one attached hydrogen (secondary N) is 1. The zero-order chi connectivity index (χ0) is 17.0. The Bertz CT molecular complexity index is 814. The summed E-state index contributed by atoms with van der Waals surface area (Å²) >= 11 is 1.44. The first-order valence-electron chi connectivity index (χ1n) is 6.72. The molecular formula is C14H16N2O5S2. The van der Waals surface area contributed by atoms with Gasteiger partial charge >= 0.3 is 5.97 Å². The number of thiazole rings is 1. The Kier molecular flexibility index (Phi) is 5.34. The van der Waals surface area contributed by atoms with E-state index in [1.807, 2.05) is 6.92 Å². The molecular weight excluding hydrogens is 340 g/mol. The lowest BCUT2D eigenvalue weighted by atomic mass is 10.2. The zero-order valence-electron chi connectivity index (χ0n) is 12.6. The Morgan fingerprint density at radius 1 is 1.43 bits per heavy atom. The highest BCUT2D eigenvalue weighted by molar-refractivity contribution is 7.89. The standard InChI is InChI=1S/C14H16N2O5S2/c1-3-10-7-15-13(22-10)8-16-23(19,20)12-5-4-9(14(17)18)6-11(12)21-2/h4-7,16H,3,8H2,1-2H3,(H,17,18). The summed E-state index contributed by atoms with van der Waals surface area (Å²) in [5.41, 5.74) is -0.0479. The van der Waals surface area contributed by atoms with Crippen molar-refractivity contribution in [3.8, 4) is 5.75 Å². The van der Waals surface area contributed by atoms with Crippen LogP contribution in [0.3, 0.4) is 0 Å². The van der Waals surface area contributed by atoms with E-state index in [1.54, 1.807) is 6.20 Å². The molecule has 0 aliphatic rings.